The highest BCUT2D eigenvalue weighted by Crippen LogP contribution is 2.13. The van der Waals surface area contributed by atoms with Gasteiger partial charge in [0.25, 0.3) is 0 Å². The molecule has 0 aliphatic carbocycles. The second-order valence-electron chi connectivity index (χ2n) is 5.71. The summed E-state index contributed by atoms with van der Waals surface area (Å²) in [6.45, 7) is 4.23. The first-order valence-electron chi connectivity index (χ1n) is 8.46. The van der Waals surface area contributed by atoms with Gasteiger partial charge in [0.2, 0.25) is 0 Å². The van der Waals surface area contributed by atoms with E-state index in [1.165, 1.54) is 57.8 Å². The van der Waals surface area contributed by atoms with Gasteiger partial charge in [-0.1, -0.05) is 64.7 Å². The summed E-state index contributed by atoms with van der Waals surface area (Å²) in [7, 11) is 0. The Morgan fingerprint density at radius 1 is 0.950 bits per heavy atom. The third kappa shape index (κ3) is 14.2. The van der Waals surface area contributed by atoms with Crippen LogP contribution in [0.5, 0.6) is 0 Å². The first-order chi connectivity index (χ1) is 9.70. The zero-order chi connectivity index (χ0) is 15.1. The first kappa shape index (κ1) is 19.8. The van der Waals surface area contributed by atoms with Gasteiger partial charge in [-0.15, -0.1) is 11.6 Å². The molecule has 0 aromatic rings. The van der Waals surface area contributed by atoms with Gasteiger partial charge in [0.05, 0.1) is 12.5 Å². The molecule has 3 heteroatoms. The predicted octanol–water partition coefficient (Wildman–Crippen LogP) is 5.86. The lowest BCUT2D eigenvalue weighted by Gasteiger charge is -2.12. The number of halogens is 1. The quantitative estimate of drug-likeness (QED) is 0.228. The van der Waals surface area contributed by atoms with Crippen LogP contribution in [0.2, 0.25) is 0 Å². The lowest BCUT2D eigenvalue weighted by atomic mass is 10.0. The number of hydrogen-bond acceptors (Lipinski definition) is 2. The molecule has 0 fully saturated rings. The van der Waals surface area contributed by atoms with E-state index in [-0.39, 0.29) is 12.1 Å². The number of ether oxygens (including phenoxy) is 1. The Bertz CT molecular complexity index is 219. The molecule has 0 N–H and O–H groups in total. The fourth-order valence-electron chi connectivity index (χ4n) is 2.34. The molecule has 0 heterocycles. The van der Waals surface area contributed by atoms with E-state index in [1.807, 2.05) is 6.92 Å². The van der Waals surface area contributed by atoms with Gasteiger partial charge in [-0.2, -0.15) is 0 Å². The lowest BCUT2D eigenvalue weighted by Crippen LogP contribution is -2.14. The fraction of sp³-hybridized carbons (Fsp3) is 0.941. The van der Waals surface area contributed by atoms with E-state index < -0.39 is 0 Å². The van der Waals surface area contributed by atoms with Crippen molar-refractivity contribution in [1.29, 1.82) is 0 Å². The van der Waals surface area contributed by atoms with E-state index in [0.29, 0.717) is 12.3 Å². The summed E-state index contributed by atoms with van der Waals surface area (Å²) in [6.07, 6.45) is 14.7. The van der Waals surface area contributed by atoms with Gasteiger partial charge in [-0.25, -0.2) is 0 Å². The number of carbonyl (C=O) groups is 1. The maximum atomic E-state index is 11.2. The van der Waals surface area contributed by atoms with Crippen LogP contribution in [0.25, 0.3) is 0 Å². The van der Waals surface area contributed by atoms with E-state index in [1.54, 1.807) is 0 Å². The molecule has 0 radical (unpaired) electrons. The molecule has 0 aromatic heterocycles. The molecule has 0 aliphatic rings. The van der Waals surface area contributed by atoms with E-state index in [0.717, 1.165) is 12.8 Å². The Kier molecular flexibility index (Phi) is 15.0. The number of alkyl halides is 1. The van der Waals surface area contributed by atoms with E-state index in [4.69, 9.17) is 16.3 Å². The smallest absolute Gasteiger partial charge is 0.307 e. The number of carbonyl (C=O) groups excluding carboxylic acids is 1. The molecular formula is C17H33ClO2. The van der Waals surface area contributed by atoms with Gasteiger partial charge in [-0.05, 0) is 19.8 Å². The normalized spacial score (nSPS) is 12.3. The molecule has 0 amide bonds. The van der Waals surface area contributed by atoms with Crippen LogP contribution < -0.4 is 0 Å². The van der Waals surface area contributed by atoms with E-state index >= 15 is 0 Å². The molecule has 1 atom stereocenters. The van der Waals surface area contributed by atoms with Crippen LogP contribution in [0.3, 0.4) is 0 Å². The molecule has 0 aromatic carbocycles. The van der Waals surface area contributed by atoms with Crippen molar-refractivity contribution < 1.29 is 9.53 Å². The molecule has 20 heavy (non-hydrogen) atoms. The monoisotopic (exact) mass is 304 g/mol. The van der Waals surface area contributed by atoms with Crippen molar-refractivity contribution in [3.8, 4) is 0 Å². The average Bonchev–Trinajstić information content (AvgIpc) is 2.41. The SMILES string of the molecule is CCCCCCCCCCCCC(C)OC(=O)CCCl. The van der Waals surface area contributed by atoms with Crippen molar-refractivity contribution >= 4 is 17.6 Å². The minimum absolute atomic E-state index is 0.0414. The first-order valence-corrected chi connectivity index (χ1v) is 8.99. The maximum Gasteiger partial charge on any atom is 0.307 e. The van der Waals surface area contributed by atoms with Gasteiger partial charge in [0.15, 0.2) is 0 Å². The summed E-state index contributed by atoms with van der Waals surface area (Å²) < 4.78 is 5.25. The molecule has 0 saturated heterocycles. The van der Waals surface area contributed by atoms with Gasteiger partial charge in [-0.3, -0.25) is 4.79 Å². The Morgan fingerprint density at radius 3 is 1.95 bits per heavy atom. The van der Waals surface area contributed by atoms with Gasteiger partial charge < -0.3 is 4.74 Å². The molecule has 2 nitrogen and oxygen atoms in total. The highest BCUT2D eigenvalue weighted by molar-refractivity contribution is 6.18. The number of rotatable bonds is 14. The van der Waals surface area contributed by atoms with Gasteiger partial charge in [0, 0.05) is 5.88 Å². The fourth-order valence-corrected chi connectivity index (χ4v) is 2.49. The third-order valence-corrected chi connectivity index (χ3v) is 3.78. The van der Waals surface area contributed by atoms with Crippen LogP contribution in [-0.4, -0.2) is 18.0 Å². The van der Waals surface area contributed by atoms with Crippen LogP contribution >= 0.6 is 11.6 Å². The highest BCUT2D eigenvalue weighted by Gasteiger charge is 2.08. The zero-order valence-electron chi connectivity index (χ0n) is 13.5. The van der Waals surface area contributed by atoms with Crippen LogP contribution in [0.15, 0.2) is 0 Å². The zero-order valence-corrected chi connectivity index (χ0v) is 14.2. The van der Waals surface area contributed by atoms with Crippen LogP contribution in [-0.2, 0) is 9.53 Å². The largest absolute Gasteiger partial charge is 0.463 e. The van der Waals surface area contributed by atoms with E-state index in [2.05, 4.69) is 6.92 Å². The van der Waals surface area contributed by atoms with Crippen LogP contribution in [0, 0.1) is 0 Å². The molecular weight excluding hydrogens is 272 g/mol. The lowest BCUT2D eigenvalue weighted by molar-refractivity contribution is -0.148. The topological polar surface area (TPSA) is 26.3 Å². The van der Waals surface area contributed by atoms with Crippen molar-refractivity contribution in [2.75, 3.05) is 5.88 Å². The van der Waals surface area contributed by atoms with Crippen molar-refractivity contribution in [2.24, 2.45) is 0 Å². The maximum absolute atomic E-state index is 11.2. The number of unbranched alkanes of at least 4 members (excludes halogenated alkanes) is 9. The molecule has 0 bridgehead atoms. The molecule has 0 spiro atoms. The van der Waals surface area contributed by atoms with E-state index in [9.17, 15) is 4.79 Å². The molecule has 0 aliphatic heterocycles. The Morgan fingerprint density at radius 2 is 1.45 bits per heavy atom. The minimum atomic E-state index is -0.167. The summed E-state index contributed by atoms with van der Waals surface area (Å²) in [5.41, 5.74) is 0. The number of esters is 1. The minimum Gasteiger partial charge on any atom is -0.463 e. The van der Waals surface area contributed by atoms with Crippen molar-refractivity contribution in [3.63, 3.8) is 0 Å². The average molecular weight is 305 g/mol. The molecule has 0 rings (SSSR count). The second-order valence-corrected chi connectivity index (χ2v) is 6.09. The van der Waals surface area contributed by atoms with Gasteiger partial charge >= 0.3 is 5.97 Å². The Hall–Kier alpha value is -0.240. The third-order valence-electron chi connectivity index (χ3n) is 3.60. The summed E-state index contributed by atoms with van der Waals surface area (Å²) in [6, 6.07) is 0. The van der Waals surface area contributed by atoms with Crippen molar-refractivity contribution in [1.82, 2.24) is 0 Å². The van der Waals surface area contributed by atoms with Gasteiger partial charge in [0.1, 0.15) is 0 Å². The Labute approximate surface area is 130 Å². The molecule has 0 saturated carbocycles. The van der Waals surface area contributed by atoms with Crippen molar-refractivity contribution in [2.45, 2.75) is 97.0 Å². The standard InChI is InChI=1S/C17H33ClO2/c1-3-4-5-6-7-8-9-10-11-12-13-16(2)20-17(19)14-15-18/h16H,3-15H2,1-2H3. The Balaban J connectivity index is 3.21. The van der Waals surface area contributed by atoms with Crippen molar-refractivity contribution in [3.05, 3.63) is 0 Å². The summed E-state index contributed by atoms with van der Waals surface area (Å²) in [5.74, 6) is 0.184. The molecule has 120 valence electrons. The van der Waals surface area contributed by atoms with Crippen LogP contribution in [0.1, 0.15) is 90.9 Å². The summed E-state index contributed by atoms with van der Waals surface area (Å²) in [5, 5.41) is 0. The second kappa shape index (κ2) is 15.2. The summed E-state index contributed by atoms with van der Waals surface area (Å²) in [4.78, 5) is 11.2. The van der Waals surface area contributed by atoms with Crippen LogP contribution in [0.4, 0.5) is 0 Å². The molecule has 1 unspecified atom stereocenters. The highest BCUT2D eigenvalue weighted by atomic mass is 35.5. The predicted molar refractivity (Wildman–Crippen MR) is 87.4 cm³/mol. The number of hydrogen-bond donors (Lipinski definition) is 0. The summed E-state index contributed by atoms with van der Waals surface area (Å²) >= 11 is 5.49.